The summed E-state index contributed by atoms with van der Waals surface area (Å²) >= 11 is 0. The normalized spacial score (nSPS) is 11.3. The van der Waals surface area contributed by atoms with Crippen molar-refractivity contribution in [3.05, 3.63) is 23.4 Å². The van der Waals surface area contributed by atoms with E-state index < -0.39 is 5.91 Å². The second kappa shape index (κ2) is 5.82. The number of nitrogens with zero attached hydrogens (tertiary/aromatic N) is 1. The largest absolute Gasteiger partial charge is 0.368 e. The summed E-state index contributed by atoms with van der Waals surface area (Å²) in [6.45, 7) is 6.56. The standard InChI is InChI=1S/C13H22N4O/c1-4-13(15,5-2)8-16-11-7-10(12(14)18)6-9(3)17-11/h6-7H,4-5,8,15H2,1-3H3,(H2,14,18)(H,16,17). The molecule has 0 unspecified atom stereocenters. The zero-order valence-corrected chi connectivity index (χ0v) is 11.3. The van der Waals surface area contributed by atoms with Gasteiger partial charge in [0.15, 0.2) is 0 Å². The van der Waals surface area contributed by atoms with E-state index in [1.54, 1.807) is 12.1 Å². The van der Waals surface area contributed by atoms with Gasteiger partial charge in [0.2, 0.25) is 5.91 Å². The van der Waals surface area contributed by atoms with Crippen molar-refractivity contribution in [3.63, 3.8) is 0 Å². The van der Waals surface area contributed by atoms with Crippen LogP contribution >= 0.6 is 0 Å². The zero-order chi connectivity index (χ0) is 13.8. The van der Waals surface area contributed by atoms with Gasteiger partial charge in [-0.05, 0) is 31.9 Å². The summed E-state index contributed by atoms with van der Waals surface area (Å²) in [7, 11) is 0. The fourth-order valence-electron chi connectivity index (χ4n) is 1.67. The first-order chi connectivity index (χ1) is 8.40. The number of primary amides is 1. The quantitative estimate of drug-likeness (QED) is 0.711. The lowest BCUT2D eigenvalue weighted by molar-refractivity contribution is 0.1000. The average Bonchev–Trinajstić information content (AvgIpc) is 2.35. The number of nitrogens with one attached hydrogen (secondary N) is 1. The van der Waals surface area contributed by atoms with Crippen molar-refractivity contribution in [1.82, 2.24) is 4.98 Å². The summed E-state index contributed by atoms with van der Waals surface area (Å²) in [5, 5.41) is 3.18. The van der Waals surface area contributed by atoms with Crippen LogP contribution in [0.3, 0.4) is 0 Å². The van der Waals surface area contributed by atoms with Crippen LogP contribution in [0.2, 0.25) is 0 Å². The van der Waals surface area contributed by atoms with E-state index in [1.807, 2.05) is 6.92 Å². The van der Waals surface area contributed by atoms with Gasteiger partial charge < -0.3 is 16.8 Å². The number of rotatable bonds is 6. The first-order valence-electron chi connectivity index (χ1n) is 6.21. The summed E-state index contributed by atoms with van der Waals surface area (Å²) in [5.41, 5.74) is 12.4. The van der Waals surface area contributed by atoms with Gasteiger partial charge in [0.05, 0.1) is 0 Å². The molecule has 1 aromatic rings. The van der Waals surface area contributed by atoms with Crippen LogP contribution in [0.25, 0.3) is 0 Å². The van der Waals surface area contributed by atoms with Crippen LogP contribution in [0.4, 0.5) is 5.82 Å². The predicted octanol–water partition coefficient (Wildman–Crippen LogP) is 1.42. The molecule has 0 atom stereocenters. The number of pyridine rings is 1. The molecule has 0 saturated heterocycles. The maximum Gasteiger partial charge on any atom is 0.248 e. The molecule has 0 aliphatic heterocycles. The Hall–Kier alpha value is -1.62. The molecule has 0 bridgehead atoms. The number of amides is 1. The number of carbonyl (C=O) groups is 1. The zero-order valence-electron chi connectivity index (χ0n) is 11.3. The Morgan fingerprint density at radius 3 is 2.50 bits per heavy atom. The van der Waals surface area contributed by atoms with Gasteiger partial charge in [-0.25, -0.2) is 4.98 Å². The number of hydrogen-bond acceptors (Lipinski definition) is 4. The molecule has 0 spiro atoms. The lowest BCUT2D eigenvalue weighted by Gasteiger charge is -2.27. The van der Waals surface area contributed by atoms with Crippen molar-refractivity contribution in [2.45, 2.75) is 39.2 Å². The summed E-state index contributed by atoms with van der Waals surface area (Å²) in [4.78, 5) is 15.5. The minimum absolute atomic E-state index is 0.252. The Balaban J connectivity index is 2.82. The molecule has 0 fully saturated rings. The van der Waals surface area contributed by atoms with Crippen LogP contribution in [0.5, 0.6) is 0 Å². The van der Waals surface area contributed by atoms with Crippen LogP contribution in [-0.2, 0) is 0 Å². The molecule has 0 saturated carbocycles. The van der Waals surface area contributed by atoms with Crippen molar-refractivity contribution in [2.75, 3.05) is 11.9 Å². The van der Waals surface area contributed by atoms with E-state index in [-0.39, 0.29) is 5.54 Å². The van der Waals surface area contributed by atoms with E-state index in [0.717, 1.165) is 18.5 Å². The molecule has 0 aromatic carbocycles. The lowest BCUT2D eigenvalue weighted by Crippen LogP contribution is -2.45. The van der Waals surface area contributed by atoms with Gasteiger partial charge in [-0.3, -0.25) is 4.79 Å². The van der Waals surface area contributed by atoms with Crippen LogP contribution in [0.1, 0.15) is 42.7 Å². The molecule has 1 heterocycles. The number of anilines is 1. The SMILES string of the molecule is CCC(N)(CC)CNc1cc(C(N)=O)cc(C)n1. The molecule has 5 heteroatoms. The molecule has 0 radical (unpaired) electrons. The van der Waals surface area contributed by atoms with Gasteiger partial charge in [0.25, 0.3) is 0 Å². The first kappa shape index (κ1) is 14.4. The van der Waals surface area contributed by atoms with Crippen molar-refractivity contribution in [1.29, 1.82) is 0 Å². The van der Waals surface area contributed by atoms with Crippen molar-refractivity contribution in [2.24, 2.45) is 11.5 Å². The summed E-state index contributed by atoms with van der Waals surface area (Å²) < 4.78 is 0. The maximum absolute atomic E-state index is 11.2. The third kappa shape index (κ3) is 3.70. The molecule has 1 aromatic heterocycles. The fourth-order valence-corrected chi connectivity index (χ4v) is 1.67. The predicted molar refractivity (Wildman–Crippen MR) is 73.5 cm³/mol. The summed E-state index contributed by atoms with van der Waals surface area (Å²) in [6, 6.07) is 3.32. The molecule has 5 N–H and O–H groups in total. The number of nitrogens with two attached hydrogens (primary N) is 2. The Labute approximate surface area is 108 Å². The van der Waals surface area contributed by atoms with E-state index in [2.05, 4.69) is 24.1 Å². The molecule has 0 aliphatic rings. The van der Waals surface area contributed by atoms with Gasteiger partial charge in [-0.2, -0.15) is 0 Å². The summed E-state index contributed by atoms with van der Waals surface area (Å²) in [6.07, 6.45) is 1.76. The smallest absolute Gasteiger partial charge is 0.248 e. The van der Waals surface area contributed by atoms with E-state index >= 15 is 0 Å². The Kier molecular flexibility index (Phi) is 4.67. The second-order valence-corrected chi connectivity index (χ2v) is 4.67. The highest BCUT2D eigenvalue weighted by molar-refractivity contribution is 5.93. The highest BCUT2D eigenvalue weighted by Crippen LogP contribution is 2.14. The topological polar surface area (TPSA) is 94.0 Å². The first-order valence-corrected chi connectivity index (χ1v) is 6.21. The Morgan fingerprint density at radius 2 is 2.00 bits per heavy atom. The van der Waals surface area contributed by atoms with Gasteiger partial charge in [0, 0.05) is 23.3 Å². The number of carbonyl (C=O) groups excluding carboxylic acids is 1. The van der Waals surface area contributed by atoms with Crippen LogP contribution in [0, 0.1) is 6.92 Å². The van der Waals surface area contributed by atoms with Gasteiger partial charge in [-0.1, -0.05) is 13.8 Å². The number of aryl methyl sites for hydroxylation is 1. The molecule has 1 amide bonds. The molecular weight excluding hydrogens is 228 g/mol. The molecule has 1 rings (SSSR count). The molecular formula is C13H22N4O. The van der Waals surface area contributed by atoms with Gasteiger partial charge in [-0.15, -0.1) is 0 Å². The Morgan fingerprint density at radius 1 is 1.39 bits per heavy atom. The molecule has 18 heavy (non-hydrogen) atoms. The highest BCUT2D eigenvalue weighted by Gasteiger charge is 2.20. The van der Waals surface area contributed by atoms with Crippen molar-refractivity contribution >= 4 is 11.7 Å². The lowest BCUT2D eigenvalue weighted by atomic mass is 9.94. The highest BCUT2D eigenvalue weighted by atomic mass is 16.1. The van der Waals surface area contributed by atoms with Gasteiger partial charge in [0.1, 0.15) is 5.82 Å². The van der Waals surface area contributed by atoms with E-state index in [0.29, 0.717) is 17.9 Å². The number of aromatic nitrogens is 1. The Bertz CT molecular complexity index is 427. The monoisotopic (exact) mass is 250 g/mol. The molecule has 0 aliphatic carbocycles. The third-order valence-corrected chi connectivity index (χ3v) is 3.27. The minimum atomic E-state index is -0.450. The molecule has 100 valence electrons. The van der Waals surface area contributed by atoms with E-state index in [1.165, 1.54) is 0 Å². The van der Waals surface area contributed by atoms with Crippen LogP contribution in [0.15, 0.2) is 12.1 Å². The van der Waals surface area contributed by atoms with Crippen molar-refractivity contribution < 1.29 is 4.79 Å². The number of hydrogen-bond donors (Lipinski definition) is 3. The second-order valence-electron chi connectivity index (χ2n) is 4.67. The fraction of sp³-hybridized carbons (Fsp3) is 0.538. The maximum atomic E-state index is 11.2. The average molecular weight is 250 g/mol. The minimum Gasteiger partial charge on any atom is -0.368 e. The van der Waals surface area contributed by atoms with Gasteiger partial charge >= 0.3 is 0 Å². The van der Waals surface area contributed by atoms with Crippen LogP contribution in [-0.4, -0.2) is 23.0 Å². The molecule has 5 nitrogen and oxygen atoms in total. The van der Waals surface area contributed by atoms with E-state index in [4.69, 9.17) is 11.5 Å². The third-order valence-electron chi connectivity index (χ3n) is 3.27. The van der Waals surface area contributed by atoms with Crippen LogP contribution < -0.4 is 16.8 Å². The summed E-state index contributed by atoms with van der Waals surface area (Å²) in [5.74, 6) is 0.189. The van der Waals surface area contributed by atoms with E-state index in [9.17, 15) is 4.79 Å². The van der Waals surface area contributed by atoms with Crippen molar-refractivity contribution in [3.8, 4) is 0 Å².